The Balaban J connectivity index is 1.72. The lowest BCUT2D eigenvalue weighted by Gasteiger charge is -2.11. The Morgan fingerprint density at radius 3 is 2.48 bits per heavy atom. The van der Waals surface area contributed by atoms with E-state index in [9.17, 15) is 4.79 Å². The first-order chi connectivity index (χ1) is 14.1. The average molecular weight is 386 g/mol. The van der Waals surface area contributed by atoms with Crippen LogP contribution in [0.15, 0.2) is 72.8 Å². The Hall–Kier alpha value is -3.33. The lowest BCUT2D eigenvalue weighted by atomic mass is 10.1. The minimum Gasteiger partial charge on any atom is -0.496 e. The van der Waals surface area contributed by atoms with Gasteiger partial charge >= 0.3 is 0 Å². The number of aryl methyl sites for hydroxylation is 2. The van der Waals surface area contributed by atoms with Gasteiger partial charge in [0.2, 0.25) is 0 Å². The van der Waals surface area contributed by atoms with Gasteiger partial charge in [-0.3, -0.25) is 4.79 Å². The molecule has 0 amide bonds. The zero-order chi connectivity index (χ0) is 20.6. The van der Waals surface area contributed by atoms with Crippen molar-refractivity contribution in [3.63, 3.8) is 0 Å². The van der Waals surface area contributed by atoms with Gasteiger partial charge in [0, 0.05) is 11.1 Å². The highest BCUT2D eigenvalue weighted by molar-refractivity contribution is 6.06. The summed E-state index contributed by atoms with van der Waals surface area (Å²) in [7, 11) is 1.64. The summed E-state index contributed by atoms with van der Waals surface area (Å²) in [5.41, 5.74) is 4.89. The normalized spacial score (nSPS) is 10.9. The Morgan fingerprint density at radius 2 is 1.79 bits per heavy atom. The van der Waals surface area contributed by atoms with E-state index < -0.39 is 0 Å². The van der Waals surface area contributed by atoms with Crippen molar-refractivity contribution < 1.29 is 14.3 Å². The van der Waals surface area contributed by atoms with Crippen molar-refractivity contribution in [3.05, 3.63) is 101 Å². The largest absolute Gasteiger partial charge is 0.496 e. The van der Waals surface area contributed by atoms with Crippen LogP contribution in [0.3, 0.4) is 0 Å². The van der Waals surface area contributed by atoms with Crippen molar-refractivity contribution in [1.29, 1.82) is 0 Å². The van der Waals surface area contributed by atoms with Crippen LogP contribution in [0.5, 0.6) is 11.5 Å². The zero-order valence-electron chi connectivity index (χ0n) is 17.1. The number of rotatable bonds is 8. The molecule has 3 aromatic carbocycles. The molecule has 0 saturated heterocycles. The van der Waals surface area contributed by atoms with E-state index in [-0.39, 0.29) is 5.78 Å². The van der Waals surface area contributed by atoms with Gasteiger partial charge in [-0.2, -0.15) is 0 Å². The molecule has 0 fully saturated rings. The Kier molecular flexibility index (Phi) is 6.85. The van der Waals surface area contributed by atoms with E-state index in [0.717, 1.165) is 34.6 Å². The van der Waals surface area contributed by atoms with Gasteiger partial charge in [0.15, 0.2) is 5.78 Å². The summed E-state index contributed by atoms with van der Waals surface area (Å²) in [5.74, 6) is 1.57. The SMILES string of the molecule is CCc1ccc(OCc2cc(/C=C/C(=O)c3cccc(C)c3)ccc2OC)cc1. The minimum absolute atomic E-state index is 0.0154. The molecule has 0 heterocycles. The summed E-state index contributed by atoms with van der Waals surface area (Å²) in [6, 6.07) is 21.5. The lowest BCUT2D eigenvalue weighted by molar-refractivity contribution is 0.104. The maximum atomic E-state index is 12.4. The van der Waals surface area contributed by atoms with E-state index in [0.29, 0.717) is 12.2 Å². The summed E-state index contributed by atoms with van der Waals surface area (Å²) in [4.78, 5) is 12.4. The van der Waals surface area contributed by atoms with Crippen molar-refractivity contribution in [2.45, 2.75) is 26.9 Å². The molecule has 29 heavy (non-hydrogen) atoms. The monoisotopic (exact) mass is 386 g/mol. The predicted molar refractivity (Wildman–Crippen MR) is 118 cm³/mol. The second-order valence-corrected chi connectivity index (χ2v) is 6.92. The van der Waals surface area contributed by atoms with Crippen LogP contribution in [-0.4, -0.2) is 12.9 Å². The summed E-state index contributed by atoms with van der Waals surface area (Å²) < 4.78 is 11.4. The number of allylic oxidation sites excluding steroid dienone is 1. The molecule has 0 atom stereocenters. The van der Waals surface area contributed by atoms with Gasteiger partial charge in [0.1, 0.15) is 18.1 Å². The number of carbonyl (C=O) groups excluding carboxylic acids is 1. The molecule has 0 aliphatic rings. The number of hydrogen-bond donors (Lipinski definition) is 0. The maximum Gasteiger partial charge on any atom is 0.185 e. The van der Waals surface area contributed by atoms with Gasteiger partial charge in [-0.1, -0.05) is 55.0 Å². The standard InChI is InChI=1S/C26H26O3/c1-4-20-8-12-24(13-9-20)29-18-23-17-21(11-15-26(23)28-3)10-14-25(27)22-7-5-6-19(2)16-22/h5-17H,4,18H2,1-3H3/b14-10+. The molecular formula is C26H26O3. The first-order valence-corrected chi connectivity index (χ1v) is 9.76. The van der Waals surface area contributed by atoms with Gasteiger partial charge in [0.05, 0.1) is 7.11 Å². The highest BCUT2D eigenvalue weighted by atomic mass is 16.5. The minimum atomic E-state index is -0.0154. The number of ketones is 1. The third-order valence-corrected chi connectivity index (χ3v) is 4.76. The van der Waals surface area contributed by atoms with Gasteiger partial charge in [0.25, 0.3) is 0 Å². The fourth-order valence-electron chi connectivity index (χ4n) is 3.06. The molecule has 3 rings (SSSR count). The summed E-state index contributed by atoms with van der Waals surface area (Å²) in [5, 5.41) is 0. The first kappa shape index (κ1) is 20.4. The third kappa shape index (κ3) is 5.58. The van der Waals surface area contributed by atoms with E-state index in [1.807, 2.05) is 67.6 Å². The van der Waals surface area contributed by atoms with Crippen molar-refractivity contribution in [1.82, 2.24) is 0 Å². The van der Waals surface area contributed by atoms with E-state index in [4.69, 9.17) is 9.47 Å². The molecule has 0 aliphatic heterocycles. The first-order valence-electron chi connectivity index (χ1n) is 9.76. The molecule has 3 nitrogen and oxygen atoms in total. The van der Waals surface area contributed by atoms with Crippen molar-refractivity contribution in [2.75, 3.05) is 7.11 Å². The van der Waals surface area contributed by atoms with Crippen molar-refractivity contribution in [3.8, 4) is 11.5 Å². The Morgan fingerprint density at radius 1 is 1.00 bits per heavy atom. The topological polar surface area (TPSA) is 35.5 Å². The maximum absolute atomic E-state index is 12.4. The molecule has 0 unspecified atom stereocenters. The Labute approximate surface area is 172 Å². The number of hydrogen-bond acceptors (Lipinski definition) is 3. The smallest absolute Gasteiger partial charge is 0.185 e. The summed E-state index contributed by atoms with van der Waals surface area (Å²) in [6.45, 7) is 4.50. The predicted octanol–water partition coefficient (Wildman–Crippen LogP) is 6.04. The second kappa shape index (κ2) is 9.74. The van der Waals surface area contributed by atoms with Crippen LogP contribution in [0.25, 0.3) is 6.08 Å². The fourth-order valence-corrected chi connectivity index (χ4v) is 3.06. The van der Waals surface area contributed by atoms with Crippen LogP contribution in [0, 0.1) is 6.92 Å². The molecule has 0 aliphatic carbocycles. The van der Waals surface area contributed by atoms with Crippen LogP contribution in [0.4, 0.5) is 0 Å². The molecule has 0 N–H and O–H groups in total. The Bertz CT molecular complexity index is 1000. The van der Waals surface area contributed by atoms with Crippen LogP contribution >= 0.6 is 0 Å². The number of benzene rings is 3. The van der Waals surface area contributed by atoms with Gasteiger partial charge in [-0.05, 0) is 60.9 Å². The molecule has 0 saturated carbocycles. The molecule has 0 aromatic heterocycles. The molecule has 0 spiro atoms. The van der Waals surface area contributed by atoms with E-state index in [2.05, 4.69) is 19.1 Å². The number of carbonyl (C=O) groups is 1. The number of methoxy groups -OCH3 is 1. The fraction of sp³-hybridized carbons (Fsp3) is 0.192. The van der Waals surface area contributed by atoms with E-state index in [1.165, 1.54) is 5.56 Å². The van der Waals surface area contributed by atoms with Gasteiger partial charge in [-0.25, -0.2) is 0 Å². The van der Waals surface area contributed by atoms with Crippen LogP contribution in [0.1, 0.15) is 39.5 Å². The van der Waals surface area contributed by atoms with Crippen LogP contribution in [-0.2, 0) is 13.0 Å². The third-order valence-electron chi connectivity index (χ3n) is 4.76. The molecule has 0 bridgehead atoms. The summed E-state index contributed by atoms with van der Waals surface area (Å²) in [6.07, 6.45) is 4.43. The van der Waals surface area contributed by atoms with Crippen LogP contribution < -0.4 is 9.47 Å². The molecule has 3 heteroatoms. The van der Waals surface area contributed by atoms with Crippen LogP contribution in [0.2, 0.25) is 0 Å². The molecule has 3 aromatic rings. The van der Waals surface area contributed by atoms with Crippen molar-refractivity contribution >= 4 is 11.9 Å². The molecule has 0 radical (unpaired) electrons. The van der Waals surface area contributed by atoms with E-state index in [1.54, 1.807) is 13.2 Å². The van der Waals surface area contributed by atoms with Gasteiger partial charge < -0.3 is 9.47 Å². The highest BCUT2D eigenvalue weighted by Crippen LogP contribution is 2.23. The highest BCUT2D eigenvalue weighted by Gasteiger charge is 2.06. The molecule has 148 valence electrons. The number of ether oxygens (including phenoxy) is 2. The molecular weight excluding hydrogens is 360 g/mol. The summed E-state index contributed by atoms with van der Waals surface area (Å²) >= 11 is 0. The van der Waals surface area contributed by atoms with Gasteiger partial charge in [-0.15, -0.1) is 0 Å². The van der Waals surface area contributed by atoms with Crippen molar-refractivity contribution in [2.24, 2.45) is 0 Å². The second-order valence-electron chi connectivity index (χ2n) is 6.92. The quantitative estimate of drug-likeness (QED) is 0.350. The van der Waals surface area contributed by atoms with E-state index >= 15 is 0 Å². The zero-order valence-corrected chi connectivity index (χ0v) is 17.1. The lowest BCUT2D eigenvalue weighted by Crippen LogP contribution is -1.99. The average Bonchev–Trinajstić information content (AvgIpc) is 2.76.